The molecule has 0 bridgehead atoms. The van der Waals surface area contributed by atoms with Gasteiger partial charge in [0.05, 0.1) is 12.3 Å². The lowest BCUT2D eigenvalue weighted by Crippen LogP contribution is -2.14. The third kappa shape index (κ3) is 3.61. The van der Waals surface area contributed by atoms with Crippen LogP contribution in [0.1, 0.15) is 15.9 Å². The van der Waals surface area contributed by atoms with Crippen LogP contribution in [0.15, 0.2) is 53.9 Å². The highest BCUT2D eigenvalue weighted by atomic mass is 32.1. The van der Waals surface area contributed by atoms with E-state index in [4.69, 9.17) is 4.74 Å². The molecule has 3 aromatic rings. The fourth-order valence-electron chi connectivity index (χ4n) is 2.28. The van der Waals surface area contributed by atoms with Gasteiger partial charge in [-0.1, -0.05) is 18.2 Å². The number of rotatable bonds is 5. The first-order valence-corrected chi connectivity index (χ1v) is 8.18. The van der Waals surface area contributed by atoms with Gasteiger partial charge in [-0.05, 0) is 35.9 Å². The van der Waals surface area contributed by atoms with Gasteiger partial charge >= 0.3 is 0 Å². The van der Waals surface area contributed by atoms with Gasteiger partial charge in [-0.3, -0.25) is 10.1 Å². The summed E-state index contributed by atoms with van der Waals surface area (Å²) in [6, 6.07) is 14.1. The second-order valence-corrected chi connectivity index (χ2v) is 5.99. The molecule has 6 heteroatoms. The molecule has 24 heavy (non-hydrogen) atoms. The van der Waals surface area contributed by atoms with Gasteiger partial charge in [0, 0.05) is 23.6 Å². The van der Waals surface area contributed by atoms with Gasteiger partial charge in [0.25, 0.3) is 5.91 Å². The van der Waals surface area contributed by atoms with Gasteiger partial charge in [0.2, 0.25) is 0 Å². The molecule has 1 heterocycles. The van der Waals surface area contributed by atoms with Crippen LogP contribution in [0, 0.1) is 0 Å². The van der Waals surface area contributed by atoms with Crippen molar-refractivity contribution in [2.45, 2.75) is 6.61 Å². The summed E-state index contributed by atoms with van der Waals surface area (Å²) in [5, 5.41) is 14.5. The summed E-state index contributed by atoms with van der Waals surface area (Å²) in [5.41, 5.74) is 3.03. The van der Waals surface area contributed by atoms with E-state index >= 15 is 0 Å². The molecule has 0 spiro atoms. The molecule has 1 amide bonds. The molecule has 122 valence electrons. The maximum absolute atomic E-state index is 12.5. The Hall–Kier alpha value is -2.70. The minimum Gasteiger partial charge on any atom is -0.508 e. The number of nitrogens with one attached hydrogen (secondary N) is 1. The topological polar surface area (TPSA) is 71.5 Å². The lowest BCUT2D eigenvalue weighted by Gasteiger charge is -2.07. The number of amides is 1. The zero-order chi connectivity index (χ0) is 16.9. The zero-order valence-corrected chi connectivity index (χ0v) is 13.8. The van der Waals surface area contributed by atoms with Crippen molar-refractivity contribution in [3.8, 4) is 17.0 Å². The Bertz CT molecular complexity index is 843. The predicted octanol–water partition coefficient (Wildman–Crippen LogP) is 3.91. The summed E-state index contributed by atoms with van der Waals surface area (Å²) in [4.78, 5) is 16.9. The summed E-state index contributed by atoms with van der Waals surface area (Å²) < 4.78 is 5.13. The number of phenols is 1. The Morgan fingerprint density at radius 1 is 1.21 bits per heavy atom. The third-order valence-electron chi connectivity index (χ3n) is 3.45. The van der Waals surface area contributed by atoms with Gasteiger partial charge < -0.3 is 9.84 Å². The number of methoxy groups -OCH3 is 1. The molecule has 0 radical (unpaired) electrons. The molecule has 0 aliphatic heterocycles. The molecule has 0 saturated carbocycles. The molecule has 0 atom stereocenters. The number of aromatic nitrogens is 1. The van der Waals surface area contributed by atoms with Crippen molar-refractivity contribution >= 4 is 22.4 Å². The molecule has 0 aliphatic rings. The minimum absolute atomic E-state index is 0.206. The van der Waals surface area contributed by atoms with Crippen molar-refractivity contribution in [2.75, 3.05) is 12.4 Å². The van der Waals surface area contributed by atoms with Crippen LogP contribution in [0.25, 0.3) is 11.3 Å². The van der Waals surface area contributed by atoms with E-state index in [9.17, 15) is 9.90 Å². The summed E-state index contributed by atoms with van der Waals surface area (Å²) in [6.45, 7) is 0.375. The van der Waals surface area contributed by atoms with Crippen LogP contribution in [0.5, 0.6) is 5.75 Å². The number of carbonyl (C=O) groups excluding carboxylic acids is 1. The number of benzene rings is 2. The number of ether oxygens (including phenoxy) is 1. The van der Waals surface area contributed by atoms with Gasteiger partial charge in [-0.25, -0.2) is 4.98 Å². The molecular formula is C18H16N2O3S. The quantitative estimate of drug-likeness (QED) is 0.738. The molecule has 0 saturated heterocycles. The van der Waals surface area contributed by atoms with E-state index in [1.54, 1.807) is 37.4 Å². The van der Waals surface area contributed by atoms with Crippen molar-refractivity contribution in [1.82, 2.24) is 4.98 Å². The Kier molecular flexibility index (Phi) is 4.88. The minimum atomic E-state index is -0.214. The summed E-state index contributed by atoms with van der Waals surface area (Å²) in [6.07, 6.45) is 0. The van der Waals surface area contributed by atoms with E-state index in [0.29, 0.717) is 17.3 Å². The summed E-state index contributed by atoms with van der Waals surface area (Å²) in [5.74, 6) is -0.00786. The average Bonchev–Trinajstić information content (AvgIpc) is 3.05. The first-order chi connectivity index (χ1) is 11.7. The van der Waals surface area contributed by atoms with Crippen LogP contribution >= 0.6 is 11.3 Å². The summed E-state index contributed by atoms with van der Waals surface area (Å²) >= 11 is 1.35. The molecule has 2 N–H and O–H groups in total. The lowest BCUT2D eigenvalue weighted by molar-refractivity contribution is 0.102. The van der Waals surface area contributed by atoms with Crippen LogP contribution < -0.4 is 5.32 Å². The Labute approximate surface area is 143 Å². The number of anilines is 1. The van der Waals surface area contributed by atoms with Crippen LogP contribution in [-0.4, -0.2) is 23.1 Å². The number of nitrogens with zero attached hydrogens (tertiary/aromatic N) is 1. The standard InChI is InChI=1S/C18H16N2O3S/c1-23-10-13-4-2-3-5-15(13)17(22)20-18-19-16(11-24-18)12-6-8-14(21)9-7-12/h2-9,11,21H,10H2,1H3,(H,19,20,22). The highest BCUT2D eigenvalue weighted by molar-refractivity contribution is 7.14. The SMILES string of the molecule is COCc1ccccc1C(=O)Nc1nc(-c2ccc(O)cc2)cs1. The Morgan fingerprint density at radius 2 is 1.96 bits per heavy atom. The molecule has 2 aromatic carbocycles. The number of thiazole rings is 1. The van der Waals surface area contributed by atoms with E-state index in [1.807, 2.05) is 23.6 Å². The number of aromatic hydroxyl groups is 1. The second-order valence-electron chi connectivity index (χ2n) is 5.13. The van der Waals surface area contributed by atoms with E-state index in [2.05, 4.69) is 10.3 Å². The van der Waals surface area contributed by atoms with Crippen LogP contribution in [-0.2, 0) is 11.3 Å². The monoisotopic (exact) mass is 340 g/mol. The lowest BCUT2D eigenvalue weighted by atomic mass is 10.1. The molecule has 0 unspecified atom stereocenters. The van der Waals surface area contributed by atoms with Crippen molar-refractivity contribution in [1.29, 1.82) is 0 Å². The van der Waals surface area contributed by atoms with Crippen molar-refractivity contribution in [3.05, 3.63) is 65.0 Å². The third-order valence-corrected chi connectivity index (χ3v) is 4.21. The fraction of sp³-hybridized carbons (Fsp3) is 0.111. The molecule has 1 aromatic heterocycles. The number of phenolic OH excluding ortho intramolecular Hbond substituents is 1. The highest BCUT2D eigenvalue weighted by Crippen LogP contribution is 2.26. The number of hydrogen-bond acceptors (Lipinski definition) is 5. The molecule has 5 nitrogen and oxygen atoms in total. The smallest absolute Gasteiger partial charge is 0.257 e. The highest BCUT2D eigenvalue weighted by Gasteiger charge is 2.13. The Morgan fingerprint density at radius 3 is 2.71 bits per heavy atom. The Balaban J connectivity index is 1.77. The molecule has 0 aliphatic carbocycles. The van der Waals surface area contributed by atoms with Crippen LogP contribution in [0.3, 0.4) is 0 Å². The van der Waals surface area contributed by atoms with Crippen LogP contribution in [0.4, 0.5) is 5.13 Å². The first-order valence-electron chi connectivity index (χ1n) is 7.30. The van der Waals surface area contributed by atoms with Crippen molar-refractivity contribution in [3.63, 3.8) is 0 Å². The maximum Gasteiger partial charge on any atom is 0.257 e. The number of hydrogen-bond donors (Lipinski definition) is 2. The van der Waals surface area contributed by atoms with Gasteiger partial charge in [-0.2, -0.15) is 0 Å². The van der Waals surface area contributed by atoms with Gasteiger partial charge in [0.15, 0.2) is 5.13 Å². The molecule has 3 rings (SSSR count). The maximum atomic E-state index is 12.5. The van der Waals surface area contributed by atoms with E-state index in [-0.39, 0.29) is 11.7 Å². The molecule has 0 fully saturated rings. The van der Waals surface area contributed by atoms with Crippen molar-refractivity contribution < 1.29 is 14.6 Å². The average molecular weight is 340 g/mol. The van der Waals surface area contributed by atoms with E-state index in [0.717, 1.165) is 16.8 Å². The predicted molar refractivity (Wildman–Crippen MR) is 94.3 cm³/mol. The van der Waals surface area contributed by atoms with E-state index in [1.165, 1.54) is 11.3 Å². The largest absolute Gasteiger partial charge is 0.508 e. The first kappa shape index (κ1) is 16.2. The van der Waals surface area contributed by atoms with Crippen molar-refractivity contribution in [2.24, 2.45) is 0 Å². The zero-order valence-electron chi connectivity index (χ0n) is 13.0. The fourth-order valence-corrected chi connectivity index (χ4v) is 3.00. The van der Waals surface area contributed by atoms with E-state index < -0.39 is 0 Å². The second kappa shape index (κ2) is 7.25. The molecular weight excluding hydrogens is 324 g/mol. The summed E-state index contributed by atoms with van der Waals surface area (Å²) in [7, 11) is 1.60. The number of carbonyl (C=O) groups is 1. The van der Waals surface area contributed by atoms with Gasteiger partial charge in [0.1, 0.15) is 5.75 Å². The normalized spacial score (nSPS) is 10.5. The van der Waals surface area contributed by atoms with Crippen LogP contribution in [0.2, 0.25) is 0 Å². The van der Waals surface area contributed by atoms with Gasteiger partial charge in [-0.15, -0.1) is 11.3 Å².